The maximum atomic E-state index is 10.5. The van der Waals surface area contributed by atoms with Crippen LogP contribution < -0.4 is 11.1 Å². The largest absolute Gasteiger partial charge is 0.352 e. The third-order valence-electron chi connectivity index (χ3n) is 1.75. The zero-order chi connectivity index (χ0) is 10.4. The summed E-state index contributed by atoms with van der Waals surface area (Å²) in [7, 11) is 0. The molecule has 0 aromatic heterocycles. The van der Waals surface area contributed by atoms with Crippen LogP contribution in [0.3, 0.4) is 0 Å². The van der Waals surface area contributed by atoms with Crippen molar-refractivity contribution in [3.8, 4) is 0 Å². The van der Waals surface area contributed by atoms with Crippen LogP contribution in [0.4, 0.5) is 4.79 Å². The van der Waals surface area contributed by atoms with Crippen LogP contribution in [0, 0.1) is 0 Å². The summed E-state index contributed by atoms with van der Waals surface area (Å²) in [6.45, 7) is 1.87. The normalized spacial score (nSPS) is 12.6. The first-order chi connectivity index (χ1) is 6.68. The molecule has 3 nitrogen and oxygen atoms in total. The van der Waals surface area contributed by atoms with Crippen LogP contribution in [0.1, 0.15) is 12.5 Å². The molecule has 0 heterocycles. The standard InChI is InChI=1S/C11H14N2O/c1-9(13-11(12)14)7-8-10-5-3-2-4-6-10/h2-9H,1H3,(H3,12,13,14)/b8-7+/t9-/m0/s1. The highest BCUT2D eigenvalue weighted by Gasteiger charge is 1.97. The highest BCUT2D eigenvalue weighted by Crippen LogP contribution is 2.01. The summed E-state index contributed by atoms with van der Waals surface area (Å²) in [6, 6.07) is 9.32. The molecule has 74 valence electrons. The smallest absolute Gasteiger partial charge is 0.312 e. The van der Waals surface area contributed by atoms with Crippen LogP contribution in [0.25, 0.3) is 6.08 Å². The number of primary amides is 1. The molecule has 0 aliphatic carbocycles. The van der Waals surface area contributed by atoms with Gasteiger partial charge < -0.3 is 11.1 Å². The van der Waals surface area contributed by atoms with Crippen LogP contribution in [0.15, 0.2) is 36.4 Å². The molecule has 0 aliphatic heterocycles. The molecule has 1 aromatic carbocycles. The van der Waals surface area contributed by atoms with E-state index < -0.39 is 6.03 Å². The van der Waals surface area contributed by atoms with Gasteiger partial charge in [0.15, 0.2) is 0 Å². The second kappa shape index (κ2) is 5.07. The Labute approximate surface area is 83.6 Å². The molecule has 1 rings (SSSR count). The van der Waals surface area contributed by atoms with E-state index in [4.69, 9.17) is 5.73 Å². The van der Waals surface area contributed by atoms with E-state index in [-0.39, 0.29) is 6.04 Å². The Morgan fingerprint density at radius 1 is 1.43 bits per heavy atom. The maximum absolute atomic E-state index is 10.5. The number of rotatable bonds is 3. The lowest BCUT2D eigenvalue weighted by Crippen LogP contribution is -2.35. The highest BCUT2D eigenvalue weighted by molar-refractivity contribution is 5.72. The minimum Gasteiger partial charge on any atom is -0.352 e. The van der Waals surface area contributed by atoms with Crippen molar-refractivity contribution in [2.45, 2.75) is 13.0 Å². The molecule has 1 aromatic rings. The first-order valence-corrected chi connectivity index (χ1v) is 4.47. The van der Waals surface area contributed by atoms with Crippen molar-refractivity contribution in [2.75, 3.05) is 0 Å². The molecule has 0 bridgehead atoms. The molecule has 2 amide bonds. The highest BCUT2D eigenvalue weighted by atomic mass is 16.2. The molecule has 0 spiro atoms. The Morgan fingerprint density at radius 3 is 2.64 bits per heavy atom. The van der Waals surface area contributed by atoms with Gasteiger partial charge in [-0.15, -0.1) is 0 Å². The zero-order valence-corrected chi connectivity index (χ0v) is 8.10. The predicted octanol–water partition coefficient (Wildman–Crippen LogP) is 1.76. The monoisotopic (exact) mass is 190 g/mol. The van der Waals surface area contributed by atoms with Crippen LogP contribution in [-0.4, -0.2) is 12.1 Å². The van der Waals surface area contributed by atoms with E-state index in [0.29, 0.717) is 0 Å². The van der Waals surface area contributed by atoms with Gasteiger partial charge >= 0.3 is 6.03 Å². The summed E-state index contributed by atoms with van der Waals surface area (Å²) in [5, 5.41) is 2.57. The number of hydrogen-bond acceptors (Lipinski definition) is 1. The summed E-state index contributed by atoms with van der Waals surface area (Å²) in [4.78, 5) is 10.5. The summed E-state index contributed by atoms with van der Waals surface area (Å²) in [5.74, 6) is 0. The van der Waals surface area contributed by atoms with Crippen molar-refractivity contribution in [3.05, 3.63) is 42.0 Å². The number of nitrogens with two attached hydrogens (primary N) is 1. The first kappa shape index (κ1) is 10.3. The lowest BCUT2D eigenvalue weighted by atomic mass is 10.2. The third-order valence-corrected chi connectivity index (χ3v) is 1.75. The summed E-state index contributed by atoms with van der Waals surface area (Å²) in [5.41, 5.74) is 6.08. The summed E-state index contributed by atoms with van der Waals surface area (Å²) in [6.07, 6.45) is 3.83. The number of urea groups is 1. The number of benzene rings is 1. The molecular weight excluding hydrogens is 176 g/mol. The van der Waals surface area contributed by atoms with Crippen LogP contribution >= 0.6 is 0 Å². The molecule has 1 atom stereocenters. The number of carbonyl (C=O) groups excluding carboxylic acids is 1. The molecule has 3 N–H and O–H groups in total. The van der Waals surface area contributed by atoms with Gasteiger partial charge in [-0.2, -0.15) is 0 Å². The quantitative estimate of drug-likeness (QED) is 0.749. The second-order valence-corrected chi connectivity index (χ2v) is 3.07. The van der Waals surface area contributed by atoms with Gasteiger partial charge in [-0.05, 0) is 12.5 Å². The van der Waals surface area contributed by atoms with Crippen molar-refractivity contribution in [1.82, 2.24) is 5.32 Å². The van der Waals surface area contributed by atoms with Crippen LogP contribution in [0.5, 0.6) is 0 Å². The van der Waals surface area contributed by atoms with E-state index in [1.807, 2.05) is 49.4 Å². The maximum Gasteiger partial charge on any atom is 0.312 e. The molecule has 14 heavy (non-hydrogen) atoms. The molecule has 0 saturated carbocycles. The van der Waals surface area contributed by atoms with E-state index in [2.05, 4.69) is 5.32 Å². The Hall–Kier alpha value is -1.77. The average Bonchev–Trinajstić information content (AvgIpc) is 2.15. The van der Waals surface area contributed by atoms with Crippen molar-refractivity contribution < 1.29 is 4.79 Å². The van der Waals surface area contributed by atoms with E-state index in [0.717, 1.165) is 5.56 Å². The lowest BCUT2D eigenvalue weighted by Gasteiger charge is -2.05. The molecule has 0 fully saturated rings. The van der Waals surface area contributed by atoms with Gasteiger partial charge in [0, 0.05) is 6.04 Å². The second-order valence-electron chi connectivity index (χ2n) is 3.07. The first-order valence-electron chi connectivity index (χ1n) is 4.47. The van der Waals surface area contributed by atoms with Gasteiger partial charge in [0.05, 0.1) is 0 Å². The molecular formula is C11H14N2O. The molecule has 0 aliphatic rings. The number of nitrogens with one attached hydrogen (secondary N) is 1. The van der Waals surface area contributed by atoms with Gasteiger partial charge in [-0.1, -0.05) is 42.5 Å². The van der Waals surface area contributed by atoms with E-state index in [1.165, 1.54) is 0 Å². The predicted molar refractivity (Wildman–Crippen MR) is 57.7 cm³/mol. The minimum atomic E-state index is -0.504. The topological polar surface area (TPSA) is 55.1 Å². The Kier molecular flexibility index (Phi) is 3.73. The summed E-state index contributed by atoms with van der Waals surface area (Å²) < 4.78 is 0. The van der Waals surface area contributed by atoms with Gasteiger partial charge in [0.1, 0.15) is 0 Å². The van der Waals surface area contributed by atoms with E-state index >= 15 is 0 Å². The molecule has 0 unspecified atom stereocenters. The number of amides is 2. The average molecular weight is 190 g/mol. The van der Waals surface area contributed by atoms with Gasteiger partial charge in [0.25, 0.3) is 0 Å². The summed E-state index contributed by atoms with van der Waals surface area (Å²) >= 11 is 0. The van der Waals surface area contributed by atoms with E-state index in [9.17, 15) is 4.79 Å². The fraction of sp³-hybridized carbons (Fsp3) is 0.182. The fourth-order valence-electron chi connectivity index (χ4n) is 1.09. The zero-order valence-electron chi connectivity index (χ0n) is 8.10. The van der Waals surface area contributed by atoms with Crippen molar-refractivity contribution in [1.29, 1.82) is 0 Å². The molecule has 0 saturated heterocycles. The Morgan fingerprint density at radius 2 is 2.07 bits per heavy atom. The van der Waals surface area contributed by atoms with Crippen LogP contribution in [0.2, 0.25) is 0 Å². The van der Waals surface area contributed by atoms with Crippen molar-refractivity contribution in [2.24, 2.45) is 5.73 Å². The number of carbonyl (C=O) groups is 1. The Bertz CT molecular complexity index is 319. The SMILES string of the molecule is C[C@@H](/C=C/c1ccccc1)NC(N)=O. The minimum absolute atomic E-state index is 0.0484. The van der Waals surface area contributed by atoms with Crippen molar-refractivity contribution in [3.63, 3.8) is 0 Å². The van der Waals surface area contributed by atoms with Gasteiger partial charge in [0.2, 0.25) is 0 Å². The van der Waals surface area contributed by atoms with Gasteiger partial charge in [-0.3, -0.25) is 0 Å². The third kappa shape index (κ3) is 3.76. The fourth-order valence-corrected chi connectivity index (χ4v) is 1.09. The van der Waals surface area contributed by atoms with Crippen molar-refractivity contribution >= 4 is 12.1 Å². The van der Waals surface area contributed by atoms with E-state index in [1.54, 1.807) is 0 Å². The van der Waals surface area contributed by atoms with Crippen LogP contribution in [-0.2, 0) is 0 Å². The van der Waals surface area contributed by atoms with Gasteiger partial charge in [-0.25, -0.2) is 4.79 Å². The molecule has 3 heteroatoms. The molecule has 0 radical (unpaired) electrons. The lowest BCUT2D eigenvalue weighted by molar-refractivity contribution is 0.247. The Balaban J connectivity index is 2.52. The number of hydrogen-bond donors (Lipinski definition) is 2.